The van der Waals surface area contributed by atoms with Gasteiger partial charge in [0.25, 0.3) is 0 Å². The summed E-state index contributed by atoms with van der Waals surface area (Å²) < 4.78 is 2.24. The quantitative estimate of drug-likeness (QED) is 0.458. The van der Waals surface area contributed by atoms with Crippen molar-refractivity contribution in [3.63, 3.8) is 0 Å². The van der Waals surface area contributed by atoms with Gasteiger partial charge in [0, 0.05) is 47.2 Å². The van der Waals surface area contributed by atoms with E-state index in [2.05, 4.69) is 63.2 Å². The van der Waals surface area contributed by atoms with E-state index in [4.69, 9.17) is 4.98 Å². The van der Waals surface area contributed by atoms with Gasteiger partial charge in [0.15, 0.2) is 0 Å². The van der Waals surface area contributed by atoms with Gasteiger partial charge < -0.3 is 9.55 Å². The number of para-hydroxylation sites is 1. The third-order valence-corrected chi connectivity index (χ3v) is 5.12. The molecule has 3 heterocycles. The van der Waals surface area contributed by atoms with E-state index in [1.807, 2.05) is 36.8 Å². The zero-order valence-corrected chi connectivity index (χ0v) is 15.4. The fraction of sp³-hybridized carbons (Fsp3) is 0.0833. The molecule has 28 heavy (non-hydrogen) atoms. The van der Waals surface area contributed by atoms with E-state index in [0.29, 0.717) is 0 Å². The molecule has 0 bridgehead atoms. The average molecular weight is 364 g/mol. The number of pyridine rings is 1. The predicted molar refractivity (Wildman–Crippen MR) is 113 cm³/mol. The highest BCUT2D eigenvalue weighted by molar-refractivity contribution is 5.83. The average Bonchev–Trinajstić information content (AvgIpc) is 3.38. The lowest BCUT2D eigenvalue weighted by Gasteiger charge is -2.10. The minimum Gasteiger partial charge on any atom is -0.361 e. The van der Waals surface area contributed by atoms with Crippen molar-refractivity contribution >= 4 is 10.9 Å². The van der Waals surface area contributed by atoms with Crippen LogP contribution in [0.4, 0.5) is 0 Å². The SMILES string of the molecule is c1ccc(-c2ncn(CCc3c[nH]c4ccccc34)c2-c2cccnc2)cc1. The first-order chi connectivity index (χ1) is 13.9. The smallest absolute Gasteiger partial charge is 0.0963 e. The Kier molecular flexibility index (Phi) is 4.22. The van der Waals surface area contributed by atoms with Crippen LogP contribution in [0, 0.1) is 0 Å². The summed E-state index contributed by atoms with van der Waals surface area (Å²) in [7, 11) is 0. The molecule has 0 spiro atoms. The van der Waals surface area contributed by atoms with Crippen molar-refractivity contribution in [3.8, 4) is 22.5 Å². The molecule has 3 aromatic heterocycles. The topological polar surface area (TPSA) is 46.5 Å². The molecule has 0 aliphatic rings. The maximum Gasteiger partial charge on any atom is 0.0963 e. The van der Waals surface area contributed by atoms with Gasteiger partial charge in [0.2, 0.25) is 0 Å². The van der Waals surface area contributed by atoms with E-state index in [1.165, 1.54) is 16.5 Å². The van der Waals surface area contributed by atoms with Crippen LogP contribution in [-0.4, -0.2) is 19.5 Å². The molecule has 0 saturated carbocycles. The summed E-state index contributed by atoms with van der Waals surface area (Å²) >= 11 is 0. The molecule has 4 heteroatoms. The predicted octanol–water partition coefficient (Wildman–Crippen LogP) is 5.34. The van der Waals surface area contributed by atoms with Crippen LogP contribution >= 0.6 is 0 Å². The number of benzene rings is 2. The number of aromatic amines is 1. The highest BCUT2D eigenvalue weighted by Crippen LogP contribution is 2.31. The van der Waals surface area contributed by atoms with Crippen LogP contribution in [-0.2, 0) is 13.0 Å². The van der Waals surface area contributed by atoms with Gasteiger partial charge in [-0.15, -0.1) is 0 Å². The second-order valence-corrected chi connectivity index (χ2v) is 6.85. The van der Waals surface area contributed by atoms with E-state index in [0.717, 1.165) is 35.5 Å². The number of H-pyrrole nitrogens is 1. The van der Waals surface area contributed by atoms with Gasteiger partial charge in [-0.25, -0.2) is 4.98 Å². The van der Waals surface area contributed by atoms with Gasteiger partial charge in [-0.2, -0.15) is 0 Å². The van der Waals surface area contributed by atoms with Crippen LogP contribution in [0.1, 0.15) is 5.56 Å². The molecule has 0 aliphatic carbocycles. The molecule has 4 nitrogen and oxygen atoms in total. The number of fused-ring (bicyclic) bond motifs is 1. The third kappa shape index (κ3) is 2.99. The molecule has 0 atom stereocenters. The van der Waals surface area contributed by atoms with E-state index in [1.54, 1.807) is 6.20 Å². The monoisotopic (exact) mass is 364 g/mol. The van der Waals surface area contributed by atoms with Gasteiger partial charge >= 0.3 is 0 Å². The third-order valence-electron chi connectivity index (χ3n) is 5.12. The highest BCUT2D eigenvalue weighted by atomic mass is 15.1. The number of rotatable bonds is 5. The van der Waals surface area contributed by atoms with Crippen molar-refractivity contribution in [2.24, 2.45) is 0 Å². The van der Waals surface area contributed by atoms with E-state index in [-0.39, 0.29) is 0 Å². The van der Waals surface area contributed by atoms with Gasteiger partial charge in [-0.1, -0.05) is 48.5 Å². The first kappa shape index (κ1) is 16.5. The van der Waals surface area contributed by atoms with Crippen LogP contribution in [0.25, 0.3) is 33.4 Å². The largest absolute Gasteiger partial charge is 0.361 e. The van der Waals surface area contributed by atoms with E-state index >= 15 is 0 Å². The molecule has 2 aromatic carbocycles. The lowest BCUT2D eigenvalue weighted by atomic mass is 10.1. The highest BCUT2D eigenvalue weighted by Gasteiger charge is 2.15. The Balaban J connectivity index is 1.53. The summed E-state index contributed by atoms with van der Waals surface area (Å²) in [5.41, 5.74) is 6.81. The number of hydrogen-bond donors (Lipinski definition) is 1. The normalized spacial score (nSPS) is 11.1. The second kappa shape index (κ2) is 7.16. The van der Waals surface area contributed by atoms with E-state index in [9.17, 15) is 0 Å². The molecule has 1 N–H and O–H groups in total. The first-order valence-corrected chi connectivity index (χ1v) is 9.46. The zero-order valence-electron chi connectivity index (χ0n) is 15.4. The molecule has 5 aromatic rings. The summed E-state index contributed by atoms with van der Waals surface area (Å²) in [6.07, 6.45) is 8.70. The fourth-order valence-corrected chi connectivity index (χ4v) is 3.74. The molecule has 0 amide bonds. The molecule has 0 unspecified atom stereocenters. The number of nitrogens with zero attached hydrogens (tertiary/aromatic N) is 3. The summed E-state index contributed by atoms with van der Waals surface area (Å²) in [6, 6.07) is 22.8. The number of nitrogens with one attached hydrogen (secondary N) is 1. The Morgan fingerprint density at radius 3 is 2.54 bits per heavy atom. The van der Waals surface area contributed by atoms with Gasteiger partial charge in [-0.3, -0.25) is 4.98 Å². The lowest BCUT2D eigenvalue weighted by molar-refractivity contribution is 0.704. The summed E-state index contributed by atoms with van der Waals surface area (Å²) in [4.78, 5) is 12.4. The molecule has 0 aliphatic heterocycles. The van der Waals surface area contributed by atoms with Crippen LogP contribution in [0.3, 0.4) is 0 Å². The summed E-state index contributed by atoms with van der Waals surface area (Å²) in [6.45, 7) is 0.853. The molecular weight excluding hydrogens is 344 g/mol. The van der Waals surface area contributed by atoms with Crippen LogP contribution in [0.5, 0.6) is 0 Å². The first-order valence-electron chi connectivity index (χ1n) is 9.46. The van der Waals surface area contributed by atoms with Gasteiger partial charge in [0.05, 0.1) is 17.7 Å². The number of imidazole rings is 1. The lowest BCUT2D eigenvalue weighted by Crippen LogP contribution is -2.02. The Hall–Kier alpha value is -3.66. The van der Waals surface area contributed by atoms with Crippen LogP contribution in [0.2, 0.25) is 0 Å². The van der Waals surface area contributed by atoms with Crippen molar-refractivity contribution < 1.29 is 0 Å². The zero-order chi connectivity index (χ0) is 18.8. The molecule has 0 radical (unpaired) electrons. The van der Waals surface area contributed by atoms with Crippen molar-refractivity contribution in [2.45, 2.75) is 13.0 Å². The van der Waals surface area contributed by atoms with Crippen molar-refractivity contribution in [3.05, 3.63) is 97.2 Å². The molecule has 0 saturated heterocycles. The minimum absolute atomic E-state index is 0.853. The van der Waals surface area contributed by atoms with Crippen LogP contribution < -0.4 is 0 Å². The molecule has 0 fully saturated rings. The van der Waals surface area contributed by atoms with E-state index < -0.39 is 0 Å². The molecule has 5 rings (SSSR count). The number of aryl methyl sites for hydroxylation is 2. The van der Waals surface area contributed by atoms with Crippen LogP contribution in [0.15, 0.2) is 91.6 Å². The maximum absolute atomic E-state index is 4.75. The molecular formula is C24H20N4. The Bertz CT molecular complexity index is 1200. The second-order valence-electron chi connectivity index (χ2n) is 6.85. The minimum atomic E-state index is 0.853. The van der Waals surface area contributed by atoms with Crippen molar-refractivity contribution in [2.75, 3.05) is 0 Å². The maximum atomic E-state index is 4.75. The Labute approximate surface area is 163 Å². The standard InChI is InChI=1S/C24H20N4/c1-2-7-18(8-3-1)23-24(20-9-6-13-25-15-20)28(17-27-23)14-12-19-16-26-22-11-5-4-10-21(19)22/h1-11,13,15-17,26H,12,14H2. The Morgan fingerprint density at radius 1 is 0.857 bits per heavy atom. The number of aromatic nitrogens is 4. The van der Waals surface area contributed by atoms with Gasteiger partial charge in [0.1, 0.15) is 0 Å². The van der Waals surface area contributed by atoms with Crippen molar-refractivity contribution in [1.29, 1.82) is 0 Å². The molecule has 136 valence electrons. The van der Waals surface area contributed by atoms with Crippen molar-refractivity contribution in [1.82, 2.24) is 19.5 Å². The van der Waals surface area contributed by atoms with Gasteiger partial charge in [-0.05, 0) is 30.2 Å². The Morgan fingerprint density at radius 2 is 1.68 bits per heavy atom. The summed E-state index contributed by atoms with van der Waals surface area (Å²) in [5, 5.41) is 1.29. The number of hydrogen-bond acceptors (Lipinski definition) is 2. The fourth-order valence-electron chi connectivity index (χ4n) is 3.74. The summed E-state index contributed by atoms with van der Waals surface area (Å²) in [5.74, 6) is 0.